The number of hydrogen-bond donors (Lipinski definition) is 1. The monoisotopic (exact) mass is 387 g/mol. The molecule has 2 N–H and O–H groups in total. The van der Waals surface area contributed by atoms with E-state index in [0.29, 0.717) is 16.9 Å². The van der Waals surface area contributed by atoms with Crippen LogP contribution in [0.1, 0.15) is 31.1 Å². The van der Waals surface area contributed by atoms with E-state index in [1.165, 1.54) is 0 Å². The van der Waals surface area contributed by atoms with Crippen molar-refractivity contribution in [1.82, 2.24) is 19.5 Å². The Hall–Kier alpha value is -2.71. The Balaban J connectivity index is 1.75. The molecule has 3 heterocycles. The van der Waals surface area contributed by atoms with Crippen LogP contribution in [0.4, 0.5) is 4.79 Å². The smallest absolute Gasteiger partial charge is 0.404 e. The lowest BCUT2D eigenvalue weighted by Gasteiger charge is -2.23. The minimum absolute atomic E-state index is 0.0789. The second-order valence-electron chi connectivity index (χ2n) is 6.29. The molecule has 4 rings (SSSR count). The molecule has 1 saturated heterocycles. The molecule has 0 radical (unpaired) electrons. The van der Waals surface area contributed by atoms with Gasteiger partial charge in [0.25, 0.3) is 0 Å². The SMILES string of the molecule is NC(=O)OCc1cccc(-c2nc(Cl)nc3c2ncn3C2CCCCO2)c1. The van der Waals surface area contributed by atoms with Gasteiger partial charge in [0, 0.05) is 12.2 Å². The van der Waals surface area contributed by atoms with Crippen molar-refractivity contribution in [3.8, 4) is 11.3 Å². The lowest BCUT2D eigenvalue weighted by atomic mass is 10.1. The van der Waals surface area contributed by atoms with Gasteiger partial charge in [0.15, 0.2) is 5.65 Å². The third-order valence-corrected chi connectivity index (χ3v) is 4.61. The molecule has 8 nitrogen and oxygen atoms in total. The Kier molecular flexibility index (Phi) is 4.91. The van der Waals surface area contributed by atoms with E-state index in [9.17, 15) is 4.79 Å². The molecule has 0 saturated carbocycles. The zero-order valence-corrected chi connectivity index (χ0v) is 15.2. The maximum atomic E-state index is 10.8. The van der Waals surface area contributed by atoms with E-state index in [0.717, 1.165) is 37.0 Å². The van der Waals surface area contributed by atoms with Crippen molar-refractivity contribution in [2.45, 2.75) is 32.1 Å². The summed E-state index contributed by atoms with van der Waals surface area (Å²) in [6.07, 6.45) is 3.86. The number of rotatable bonds is 4. The van der Waals surface area contributed by atoms with Gasteiger partial charge in [-0.2, -0.15) is 4.98 Å². The summed E-state index contributed by atoms with van der Waals surface area (Å²) in [5.74, 6) is 0. The Morgan fingerprint density at radius 1 is 1.37 bits per heavy atom. The maximum Gasteiger partial charge on any atom is 0.404 e. The first-order chi connectivity index (χ1) is 13.1. The first-order valence-electron chi connectivity index (χ1n) is 8.65. The lowest BCUT2D eigenvalue weighted by molar-refractivity contribution is -0.0298. The van der Waals surface area contributed by atoms with Crippen molar-refractivity contribution in [3.05, 3.63) is 41.4 Å². The molecule has 3 aromatic rings. The summed E-state index contributed by atoms with van der Waals surface area (Å²) in [5, 5.41) is 0.133. The van der Waals surface area contributed by atoms with Crippen LogP contribution in [0.5, 0.6) is 0 Å². The molecule has 2 aromatic heterocycles. The molecule has 1 aliphatic heterocycles. The third kappa shape index (κ3) is 3.72. The fraction of sp³-hybridized carbons (Fsp3) is 0.333. The summed E-state index contributed by atoms with van der Waals surface area (Å²) >= 11 is 6.19. The topological polar surface area (TPSA) is 105 Å². The highest BCUT2D eigenvalue weighted by Gasteiger charge is 2.21. The number of imidazole rings is 1. The number of aromatic nitrogens is 4. The quantitative estimate of drug-likeness (QED) is 0.687. The maximum absolute atomic E-state index is 10.8. The summed E-state index contributed by atoms with van der Waals surface area (Å²) in [6, 6.07) is 7.43. The predicted octanol–water partition coefficient (Wildman–Crippen LogP) is 3.44. The van der Waals surface area contributed by atoms with E-state index < -0.39 is 6.09 Å². The molecule has 1 aliphatic rings. The lowest BCUT2D eigenvalue weighted by Crippen LogP contribution is -2.17. The van der Waals surface area contributed by atoms with Crippen LogP contribution in [0.25, 0.3) is 22.4 Å². The summed E-state index contributed by atoms with van der Waals surface area (Å²) in [5.41, 5.74) is 8.50. The van der Waals surface area contributed by atoms with Crippen LogP contribution in [0.15, 0.2) is 30.6 Å². The number of halogens is 1. The van der Waals surface area contributed by atoms with Crippen LogP contribution in [0.3, 0.4) is 0 Å². The molecule has 1 amide bonds. The van der Waals surface area contributed by atoms with E-state index in [4.69, 9.17) is 26.8 Å². The van der Waals surface area contributed by atoms with Crippen molar-refractivity contribution in [1.29, 1.82) is 0 Å². The van der Waals surface area contributed by atoms with E-state index in [2.05, 4.69) is 15.0 Å². The second kappa shape index (κ2) is 7.50. The predicted molar refractivity (Wildman–Crippen MR) is 99.0 cm³/mol. The number of carbonyl (C=O) groups is 1. The van der Waals surface area contributed by atoms with Gasteiger partial charge in [-0.05, 0) is 42.5 Å². The molecular formula is C18H18ClN5O3. The van der Waals surface area contributed by atoms with Gasteiger partial charge in [0.1, 0.15) is 24.0 Å². The van der Waals surface area contributed by atoms with Crippen LogP contribution in [0.2, 0.25) is 5.28 Å². The highest BCUT2D eigenvalue weighted by atomic mass is 35.5. The van der Waals surface area contributed by atoms with Gasteiger partial charge in [-0.25, -0.2) is 14.8 Å². The second-order valence-corrected chi connectivity index (χ2v) is 6.63. The fourth-order valence-electron chi connectivity index (χ4n) is 3.21. The molecule has 1 aromatic carbocycles. The Morgan fingerprint density at radius 2 is 2.26 bits per heavy atom. The molecule has 1 atom stereocenters. The standard InChI is InChI=1S/C18H18ClN5O3/c19-17-22-14(12-5-3-4-11(8-12)9-27-18(20)25)15-16(23-17)24(10-21-15)13-6-1-2-7-26-13/h3-5,8,10,13H,1-2,6-7,9H2,(H2,20,25). The largest absolute Gasteiger partial charge is 0.445 e. The third-order valence-electron chi connectivity index (χ3n) is 4.44. The van der Waals surface area contributed by atoms with Crippen LogP contribution in [0, 0.1) is 0 Å². The zero-order valence-electron chi connectivity index (χ0n) is 14.5. The van der Waals surface area contributed by atoms with Gasteiger partial charge in [0.2, 0.25) is 5.28 Å². The van der Waals surface area contributed by atoms with Crippen LogP contribution in [-0.2, 0) is 16.1 Å². The number of carbonyl (C=O) groups excluding carboxylic acids is 1. The molecule has 140 valence electrons. The summed E-state index contributed by atoms with van der Waals surface area (Å²) in [6.45, 7) is 0.799. The summed E-state index contributed by atoms with van der Waals surface area (Å²) in [4.78, 5) is 24.1. The Morgan fingerprint density at radius 3 is 3.04 bits per heavy atom. The van der Waals surface area contributed by atoms with Crippen LogP contribution in [-0.4, -0.2) is 32.2 Å². The summed E-state index contributed by atoms with van der Waals surface area (Å²) in [7, 11) is 0. The van der Waals surface area contributed by atoms with Crippen molar-refractivity contribution in [2.24, 2.45) is 5.73 Å². The van der Waals surface area contributed by atoms with E-state index in [1.54, 1.807) is 6.33 Å². The molecule has 0 aliphatic carbocycles. The summed E-state index contributed by atoms with van der Waals surface area (Å²) < 4.78 is 12.6. The van der Waals surface area contributed by atoms with E-state index >= 15 is 0 Å². The molecule has 9 heteroatoms. The normalized spacial score (nSPS) is 17.1. The number of primary amides is 1. The first kappa shape index (κ1) is 17.7. The minimum Gasteiger partial charge on any atom is -0.445 e. The van der Waals surface area contributed by atoms with Gasteiger partial charge in [0.05, 0.1) is 6.33 Å². The van der Waals surface area contributed by atoms with E-state index in [1.807, 2.05) is 28.8 Å². The number of ether oxygens (including phenoxy) is 2. The van der Waals surface area contributed by atoms with Gasteiger partial charge in [-0.3, -0.25) is 4.57 Å². The first-order valence-corrected chi connectivity index (χ1v) is 9.03. The fourth-order valence-corrected chi connectivity index (χ4v) is 3.37. The van der Waals surface area contributed by atoms with Crippen molar-refractivity contribution in [2.75, 3.05) is 6.61 Å². The molecule has 27 heavy (non-hydrogen) atoms. The number of amides is 1. The number of nitrogens with zero attached hydrogens (tertiary/aromatic N) is 4. The van der Waals surface area contributed by atoms with Crippen LogP contribution >= 0.6 is 11.6 Å². The van der Waals surface area contributed by atoms with Gasteiger partial charge >= 0.3 is 6.09 Å². The van der Waals surface area contributed by atoms with Crippen LogP contribution < -0.4 is 5.73 Å². The number of fused-ring (bicyclic) bond motifs is 1. The van der Waals surface area contributed by atoms with Gasteiger partial charge in [-0.15, -0.1) is 0 Å². The zero-order chi connectivity index (χ0) is 18.8. The Bertz CT molecular complexity index is 984. The molecular weight excluding hydrogens is 370 g/mol. The minimum atomic E-state index is -0.820. The number of benzene rings is 1. The number of hydrogen-bond acceptors (Lipinski definition) is 6. The average Bonchev–Trinajstić information content (AvgIpc) is 3.10. The molecule has 0 spiro atoms. The van der Waals surface area contributed by atoms with Crippen molar-refractivity contribution >= 4 is 28.9 Å². The average molecular weight is 388 g/mol. The molecule has 0 bridgehead atoms. The number of nitrogens with two attached hydrogens (primary N) is 1. The van der Waals surface area contributed by atoms with Gasteiger partial charge in [-0.1, -0.05) is 18.2 Å². The van der Waals surface area contributed by atoms with Crippen molar-refractivity contribution < 1.29 is 14.3 Å². The van der Waals surface area contributed by atoms with Crippen molar-refractivity contribution in [3.63, 3.8) is 0 Å². The highest BCUT2D eigenvalue weighted by molar-refractivity contribution is 6.28. The Labute approximate surface area is 160 Å². The highest BCUT2D eigenvalue weighted by Crippen LogP contribution is 2.31. The molecule has 1 unspecified atom stereocenters. The van der Waals surface area contributed by atoms with E-state index in [-0.39, 0.29) is 18.1 Å². The molecule has 1 fully saturated rings. The van der Waals surface area contributed by atoms with Gasteiger partial charge < -0.3 is 15.2 Å².